The van der Waals surface area contributed by atoms with Gasteiger partial charge in [0, 0.05) is 6.54 Å². The number of anilines is 1. The molecule has 112 valence electrons. The first-order valence-corrected chi connectivity index (χ1v) is 7.24. The average molecular weight is 377 g/mol. The number of rotatable bonds is 5. The Hall–Kier alpha value is -1.44. The van der Waals surface area contributed by atoms with Crippen LogP contribution in [-0.4, -0.2) is 21.5 Å². The number of nitrogens with zero attached hydrogens (tertiary/aromatic N) is 2. The third-order valence-electron chi connectivity index (χ3n) is 2.76. The quantitative estimate of drug-likeness (QED) is 0.841. The second-order valence-electron chi connectivity index (χ2n) is 4.23. The van der Waals surface area contributed by atoms with E-state index in [9.17, 15) is 9.18 Å². The first-order valence-electron chi connectivity index (χ1n) is 6.07. The van der Waals surface area contributed by atoms with Crippen LogP contribution in [0.4, 0.5) is 10.1 Å². The molecule has 2 aromatic rings. The molecule has 0 amide bonds. The van der Waals surface area contributed by atoms with Crippen molar-refractivity contribution in [2.75, 3.05) is 11.9 Å². The molecular weight excluding hydrogens is 365 g/mol. The number of hydrogen-bond acceptors (Lipinski definition) is 4. The normalized spacial score (nSPS) is 10.7. The lowest BCUT2D eigenvalue weighted by atomic mass is 10.2. The van der Waals surface area contributed by atoms with E-state index in [1.54, 1.807) is 6.07 Å². The monoisotopic (exact) mass is 375 g/mol. The van der Waals surface area contributed by atoms with E-state index in [0.717, 1.165) is 10.2 Å². The summed E-state index contributed by atoms with van der Waals surface area (Å²) >= 11 is 8.90. The van der Waals surface area contributed by atoms with Crippen LogP contribution < -0.4 is 10.9 Å². The molecule has 1 heterocycles. The van der Waals surface area contributed by atoms with Crippen molar-refractivity contribution < 1.29 is 9.50 Å². The molecule has 5 nitrogen and oxygen atoms in total. The highest BCUT2D eigenvalue weighted by Gasteiger charge is 2.09. The van der Waals surface area contributed by atoms with Gasteiger partial charge < -0.3 is 10.4 Å². The van der Waals surface area contributed by atoms with Gasteiger partial charge in [0.2, 0.25) is 0 Å². The van der Waals surface area contributed by atoms with Crippen molar-refractivity contribution in [1.82, 2.24) is 9.78 Å². The van der Waals surface area contributed by atoms with Crippen molar-refractivity contribution in [3.63, 3.8) is 0 Å². The SMILES string of the molecule is O=c1c(Br)c(NCc2ccc(F)c(Cl)c2)cnn1CCO. The van der Waals surface area contributed by atoms with Crippen LogP contribution in [0.2, 0.25) is 5.02 Å². The van der Waals surface area contributed by atoms with Crippen LogP contribution in [0.3, 0.4) is 0 Å². The number of halogens is 3. The molecule has 1 aromatic heterocycles. The predicted molar refractivity (Wildman–Crippen MR) is 82.0 cm³/mol. The van der Waals surface area contributed by atoms with Gasteiger partial charge in [-0.1, -0.05) is 17.7 Å². The molecule has 0 radical (unpaired) electrons. The van der Waals surface area contributed by atoms with Gasteiger partial charge in [-0.25, -0.2) is 9.07 Å². The number of nitrogens with one attached hydrogen (secondary N) is 1. The molecule has 2 rings (SSSR count). The van der Waals surface area contributed by atoms with Crippen LogP contribution in [0.15, 0.2) is 33.7 Å². The Morgan fingerprint density at radius 1 is 1.48 bits per heavy atom. The van der Waals surface area contributed by atoms with E-state index in [4.69, 9.17) is 16.7 Å². The molecule has 0 unspecified atom stereocenters. The molecular formula is C13H12BrClFN3O2. The maximum absolute atomic E-state index is 13.1. The van der Waals surface area contributed by atoms with Gasteiger partial charge in [-0.3, -0.25) is 4.79 Å². The van der Waals surface area contributed by atoms with Crippen molar-refractivity contribution in [3.05, 3.63) is 55.6 Å². The van der Waals surface area contributed by atoms with Gasteiger partial charge in [0.15, 0.2) is 0 Å². The lowest BCUT2D eigenvalue weighted by molar-refractivity contribution is 0.266. The third kappa shape index (κ3) is 3.81. The fourth-order valence-corrected chi connectivity index (χ4v) is 2.34. The van der Waals surface area contributed by atoms with Crippen LogP contribution in [0.25, 0.3) is 0 Å². The summed E-state index contributed by atoms with van der Waals surface area (Å²) in [5.41, 5.74) is 0.939. The molecule has 0 saturated carbocycles. The summed E-state index contributed by atoms with van der Waals surface area (Å²) in [5, 5.41) is 15.8. The second kappa shape index (κ2) is 7.02. The maximum atomic E-state index is 13.1. The van der Waals surface area contributed by atoms with E-state index < -0.39 is 5.82 Å². The molecule has 0 aliphatic carbocycles. The molecule has 0 aliphatic heterocycles. The molecule has 0 aliphatic rings. The minimum absolute atomic E-state index is 0.0462. The summed E-state index contributed by atoms with van der Waals surface area (Å²) in [6.07, 6.45) is 1.48. The van der Waals surface area contributed by atoms with Crippen LogP contribution in [-0.2, 0) is 13.1 Å². The second-order valence-corrected chi connectivity index (χ2v) is 5.43. The summed E-state index contributed by atoms with van der Waals surface area (Å²) in [7, 11) is 0. The van der Waals surface area contributed by atoms with E-state index in [1.165, 1.54) is 18.3 Å². The summed E-state index contributed by atoms with van der Waals surface area (Å²) in [6.45, 7) is 0.329. The van der Waals surface area contributed by atoms with Gasteiger partial charge in [0.1, 0.15) is 10.3 Å². The average Bonchev–Trinajstić information content (AvgIpc) is 2.47. The van der Waals surface area contributed by atoms with Gasteiger partial charge >= 0.3 is 0 Å². The number of aromatic nitrogens is 2. The van der Waals surface area contributed by atoms with Gasteiger partial charge in [-0.05, 0) is 33.6 Å². The Morgan fingerprint density at radius 3 is 2.90 bits per heavy atom. The summed E-state index contributed by atoms with van der Waals surface area (Å²) in [6, 6.07) is 4.40. The Bertz CT molecular complexity index is 708. The number of aliphatic hydroxyl groups excluding tert-OH is 1. The van der Waals surface area contributed by atoms with Gasteiger partial charge in [-0.15, -0.1) is 0 Å². The summed E-state index contributed by atoms with van der Waals surface area (Å²) < 4.78 is 14.5. The minimum atomic E-state index is -0.477. The lowest BCUT2D eigenvalue weighted by Crippen LogP contribution is -2.25. The number of hydrogen-bond donors (Lipinski definition) is 2. The minimum Gasteiger partial charge on any atom is -0.394 e. The van der Waals surface area contributed by atoms with Crippen LogP contribution in [0, 0.1) is 5.82 Å². The first-order chi connectivity index (χ1) is 10.0. The lowest BCUT2D eigenvalue weighted by Gasteiger charge is -2.10. The van der Waals surface area contributed by atoms with E-state index in [1.807, 2.05) is 0 Å². The molecule has 0 bridgehead atoms. The number of aliphatic hydroxyl groups is 1. The maximum Gasteiger partial charge on any atom is 0.283 e. The molecule has 1 aromatic carbocycles. The fraction of sp³-hybridized carbons (Fsp3) is 0.231. The fourth-order valence-electron chi connectivity index (χ4n) is 1.69. The molecule has 8 heteroatoms. The Labute approximate surface area is 133 Å². The zero-order valence-electron chi connectivity index (χ0n) is 10.8. The van der Waals surface area contributed by atoms with Crippen molar-refractivity contribution in [2.24, 2.45) is 0 Å². The van der Waals surface area contributed by atoms with Crippen molar-refractivity contribution in [2.45, 2.75) is 13.1 Å². The van der Waals surface area contributed by atoms with E-state index >= 15 is 0 Å². The molecule has 0 atom stereocenters. The molecule has 0 fully saturated rings. The van der Waals surface area contributed by atoms with E-state index in [2.05, 4.69) is 26.3 Å². The molecule has 21 heavy (non-hydrogen) atoms. The van der Waals surface area contributed by atoms with Crippen molar-refractivity contribution >= 4 is 33.2 Å². The highest BCUT2D eigenvalue weighted by molar-refractivity contribution is 9.10. The largest absolute Gasteiger partial charge is 0.394 e. The van der Waals surface area contributed by atoms with Crippen LogP contribution in [0.1, 0.15) is 5.56 Å². The zero-order chi connectivity index (χ0) is 15.4. The first kappa shape index (κ1) is 15.9. The van der Waals surface area contributed by atoms with Crippen molar-refractivity contribution in [1.29, 1.82) is 0 Å². The van der Waals surface area contributed by atoms with E-state index in [-0.39, 0.29) is 23.7 Å². The van der Waals surface area contributed by atoms with Crippen molar-refractivity contribution in [3.8, 4) is 0 Å². The topological polar surface area (TPSA) is 67.2 Å². The summed E-state index contributed by atoms with van der Waals surface area (Å²) in [5.74, 6) is -0.477. The predicted octanol–water partition coefficient (Wildman–Crippen LogP) is 2.40. The van der Waals surface area contributed by atoms with Gasteiger partial charge in [-0.2, -0.15) is 5.10 Å². The third-order valence-corrected chi connectivity index (χ3v) is 3.82. The van der Waals surface area contributed by atoms with Crippen LogP contribution in [0.5, 0.6) is 0 Å². The standard InChI is InChI=1S/C13H12BrClFN3O2/c14-12-11(7-18-19(3-4-20)13(12)21)17-6-8-1-2-10(16)9(15)5-8/h1-2,5,7,17,20H,3-4,6H2. The molecule has 0 spiro atoms. The van der Waals surface area contributed by atoms with Gasteiger partial charge in [0.05, 0.1) is 30.1 Å². The molecule has 0 saturated heterocycles. The molecule has 2 N–H and O–H groups in total. The summed E-state index contributed by atoms with van der Waals surface area (Å²) in [4.78, 5) is 11.9. The Morgan fingerprint density at radius 2 is 2.24 bits per heavy atom. The Balaban J connectivity index is 2.15. The van der Waals surface area contributed by atoms with Crippen LogP contribution >= 0.6 is 27.5 Å². The smallest absolute Gasteiger partial charge is 0.283 e. The van der Waals surface area contributed by atoms with E-state index in [0.29, 0.717) is 16.7 Å². The highest BCUT2D eigenvalue weighted by atomic mass is 79.9. The zero-order valence-corrected chi connectivity index (χ0v) is 13.2. The number of benzene rings is 1. The highest BCUT2D eigenvalue weighted by Crippen LogP contribution is 2.19. The Kier molecular flexibility index (Phi) is 5.33. The van der Waals surface area contributed by atoms with Gasteiger partial charge in [0.25, 0.3) is 5.56 Å².